The zero-order chi connectivity index (χ0) is 21.6. The van der Waals surface area contributed by atoms with Crippen molar-refractivity contribution in [3.8, 4) is 0 Å². The van der Waals surface area contributed by atoms with Crippen molar-refractivity contribution < 1.29 is 9.59 Å². The Bertz CT molecular complexity index is 1090. The molecule has 2 amide bonds. The van der Waals surface area contributed by atoms with Gasteiger partial charge in [-0.05, 0) is 54.2 Å². The van der Waals surface area contributed by atoms with E-state index in [1.807, 2.05) is 41.4 Å². The zero-order valence-corrected chi connectivity index (χ0v) is 18.1. The average molecular weight is 420 g/mol. The highest BCUT2D eigenvalue weighted by atomic mass is 16.2. The molecule has 5 rings (SSSR count). The van der Waals surface area contributed by atoms with E-state index in [1.54, 1.807) is 16.4 Å². The first-order chi connectivity index (χ1) is 15.0. The van der Waals surface area contributed by atoms with E-state index < -0.39 is 0 Å². The molecule has 2 fully saturated rings. The summed E-state index contributed by atoms with van der Waals surface area (Å²) in [6.45, 7) is 4.62. The van der Waals surface area contributed by atoms with Gasteiger partial charge in [-0.3, -0.25) is 14.4 Å². The first-order valence-corrected chi connectivity index (χ1v) is 11.3. The van der Waals surface area contributed by atoms with Crippen LogP contribution in [-0.2, 0) is 30.7 Å². The summed E-state index contributed by atoms with van der Waals surface area (Å²) in [4.78, 5) is 42.7. The van der Waals surface area contributed by atoms with Crippen molar-refractivity contribution in [2.45, 2.75) is 52.1 Å². The van der Waals surface area contributed by atoms with Gasteiger partial charge in [-0.15, -0.1) is 0 Å². The third-order valence-electron chi connectivity index (χ3n) is 7.29. The Labute approximate surface area is 182 Å². The molecule has 31 heavy (non-hydrogen) atoms. The van der Waals surface area contributed by atoms with Crippen molar-refractivity contribution >= 4 is 11.8 Å². The second-order valence-electron chi connectivity index (χ2n) is 9.41. The summed E-state index contributed by atoms with van der Waals surface area (Å²) in [6, 6.07) is 10.1. The maximum absolute atomic E-state index is 13.5. The number of carbonyl (C=O) groups excluding carboxylic acids is 2. The number of amides is 2. The lowest BCUT2D eigenvalue weighted by Gasteiger charge is -2.30. The largest absolute Gasteiger partial charge is 0.338 e. The maximum Gasteiger partial charge on any atom is 0.263 e. The molecule has 0 atom stereocenters. The molecule has 1 saturated heterocycles. The fourth-order valence-electron chi connectivity index (χ4n) is 5.11. The molecule has 2 aromatic rings. The Kier molecular flexibility index (Phi) is 4.95. The summed E-state index contributed by atoms with van der Waals surface area (Å²) in [5, 5.41) is 0. The molecule has 0 bridgehead atoms. The highest BCUT2D eigenvalue weighted by molar-refractivity contribution is 5.96. The summed E-state index contributed by atoms with van der Waals surface area (Å²) in [6.07, 6.45) is 6.59. The van der Waals surface area contributed by atoms with Crippen LogP contribution >= 0.6 is 0 Å². The van der Waals surface area contributed by atoms with Crippen molar-refractivity contribution in [2.75, 3.05) is 19.6 Å². The van der Waals surface area contributed by atoms with Crippen LogP contribution in [0.5, 0.6) is 0 Å². The number of fused-ring (bicyclic) bond motifs is 1. The standard InChI is InChI=1S/C25H29N3O3/c1-18(29)26-13-8-21-20(15-26)16-27(12-7-19-5-3-2-4-6-19)23(30)22(21)24(31)28-14-11-25(17-28)9-10-25/h2-6,16H,7-15,17H2,1H3. The van der Waals surface area contributed by atoms with E-state index in [1.165, 1.54) is 12.8 Å². The van der Waals surface area contributed by atoms with Crippen LogP contribution in [0.3, 0.4) is 0 Å². The Morgan fingerprint density at radius 2 is 1.81 bits per heavy atom. The number of hydrogen-bond donors (Lipinski definition) is 0. The number of aryl methyl sites for hydroxylation is 2. The van der Waals surface area contributed by atoms with Crippen LogP contribution < -0.4 is 5.56 Å². The fraction of sp³-hybridized carbons (Fsp3) is 0.480. The summed E-state index contributed by atoms with van der Waals surface area (Å²) >= 11 is 0. The molecule has 6 heteroatoms. The molecule has 1 saturated carbocycles. The molecular weight excluding hydrogens is 390 g/mol. The Balaban J connectivity index is 1.50. The zero-order valence-electron chi connectivity index (χ0n) is 18.1. The molecule has 1 aromatic carbocycles. The molecule has 3 aliphatic rings. The molecular formula is C25H29N3O3. The predicted octanol–water partition coefficient (Wildman–Crippen LogP) is 2.62. The van der Waals surface area contributed by atoms with Gasteiger partial charge in [-0.25, -0.2) is 0 Å². The quantitative estimate of drug-likeness (QED) is 0.765. The second-order valence-corrected chi connectivity index (χ2v) is 9.41. The van der Waals surface area contributed by atoms with E-state index in [2.05, 4.69) is 0 Å². The van der Waals surface area contributed by atoms with Crippen LogP contribution in [0, 0.1) is 5.41 Å². The lowest BCUT2D eigenvalue weighted by molar-refractivity contribution is -0.129. The van der Waals surface area contributed by atoms with E-state index in [-0.39, 0.29) is 17.4 Å². The van der Waals surface area contributed by atoms with Crippen molar-refractivity contribution in [3.63, 3.8) is 0 Å². The Hall–Kier alpha value is -2.89. The van der Waals surface area contributed by atoms with Gasteiger partial charge in [0.25, 0.3) is 11.5 Å². The van der Waals surface area contributed by atoms with E-state index in [0.717, 1.165) is 42.6 Å². The summed E-state index contributed by atoms with van der Waals surface area (Å²) < 4.78 is 1.69. The van der Waals surface area contributed by atoms with Crippen molar-refractivity contribution in [2.24, 2.45) is 5.41 Å². The summed E-state index contributed by atoms with van der Waals surface area (Å²) in [7, 11) is 0. The summed E-state index contributed by atoms with van der Waals surface area (Å²) in [5.74, 6) is -0.0915. The van der Waals surface area contributed by atoms with Gasteiger partial charge in [0, 0.05) is 45.8 Å². The molecule has 3 heterocycles. The number of likely N-dealkylation sites (tertiary alicyclic amines) is 1. The lowest BCUT2D eigenvalue weighted by atomic mass is 9.95. The first kappa shape index (κ1) is 20.0. The van der Waals surface area contributed by atoms with Gasteiger partial charge in [-0.2, -0.15) is 0 Å². The monoisotopic (exact) mass is 419 g/mol. The number of pyridine rings is 1. The fourth-order valence-corrected chi connectivity index (χ4v) is 5.11. The van der Waals surface area contributed by atoms with Gasteiger partial charge in [0.15, 0.2) is 0 Å². The third kappa shape index (κ3) is 3.80. The Morgan fingerprint density at radius 1 is 1.03 bits per heavy atom. The van der Waals surface area contributed by atoms with Gasteiger partial charge >= 0.3 is 0 Å². The third-order valence-corrected chi connectivity index (χ3v) is 7.29. The second kappa shape index (κ2) is 7.66. The average Bonchev–Trinajstić information content (AvgIpc) is 3.40. The number of rotatable bonds is 4. The van der Waals surface area contributed by atoms with Crippen molar-refractivity contribution in [3.05, 3.63) is 69.1 Å². The highest BCUT2D eigenvalue weighted by Crippen LogP contribution is 2.52. The molecule has 0 N–H and O–H groups in total. The van der Waals surface area contributed by atoms with E-state index >= 15 is 0 Å². The van der Waals surface area contributed by atoms with E-state index in [9.17, 15) is 14.4 Å². The van der Waals surface area contributed by atoms with Crippen LogP contribution in [0.25, 0.3) is 0 Å². The minimum Gasteiger partial charge on any atom is -0.338 e. The van der Waals surface area contributed by atoms with Crippen molar-refractivity contribution in [1.29, 1.82) is 0 Å². The van der Waals surface area contributed by atoms with Crippen LogP contribution in [0.2, 0.25) is 0 Å². The highest BCUT2D eigenvalue weighted by Gasteiger charge is 2.49. The molecule has 0 unspecified atom stereocenters. The van der Waals surface area contributed by atoms with Gasteiger partial charge in [0.05, 0.1) is 0 Å². The number of hydrogen-bond acceptors (Lipinski definition) is 3. The van der Waals surface area contributed by atoms with Crippen LogP contribution in [-0.4, -0.2) is 45.8 Å². The SMILES string of the molecule is CC(=O)N1CCc2c(cn(CCc3ccccc3)c(=O)c2C(=O)N2CCC3(CC3)C2)C1. The topological polar surface area (TPSA) is 62.6 Å². The van der Waals surface area contributed by atoms with Crippen LogP contribution in [0.4, 0.5) is 0 Å². The van der Waals surface area contributed by atoms with Gasteiger partial charge < -0.3 is 14.4 Å². The van der Waals surface area contributed by atoms with Gasteiger partial charge in [0.1, 0.15) is 5.56 Å². The normalized spacial score (nSPS) is 18.9. The molecule has 6 nitrogen and oxygen atoms in total. The number of carbonyl (C=O) groups is 2. The van der Waals surface area contributed by atoms with Crippen LogP contribution in [0.1, 0.15) is 53.2 Å². The van der Waals surface area contributed by atoms with Gasteiger partial charge in [-0.1, -0.05) is 30.3 Å². The van der Waals surface area contributed by atoms with Crippen molar-refractivity contribution in [1.82, 2.24) is 14.4 Å². The number of benzene rings is 1. The van der Waals surface area contributed by atoms with E-state index in [0.29, 0.717) is 37.0 Å². The molecule has 1 aliphatic carbocycles. The molecule has 1 spiro atoms. The molecule has 0 radical (unpaired) electrons. The number of aromatic nitrogens is 1. The van der Waals surface area contributed by atoms with Crippen LogP contribution in [0.15, 0.2) is 41.3 Å². The smallest absolute Gasteiger partial charge is 0.263 e. The van der Waals surface area contributed by atoms with Gasteiger partial charge in [0.2, 0.25) is 5.91 Å². The van der Waals surface area contributed by atoms with E-state index in [4.69, 9.17) is 0 Å². The molecule has 162 valence electrons. The number of nitrogens with zero attached hydrogens (tertiary/aromatic N) is 3. The summed E-state index contributed by atoms with van der Waals surface area (Å²) in [5.41, 5.74) is 3.40. The molecule has 2 aliphatic heterocycles. The minimum atomic E-state index is -0.187. The predicted molar refractivity (Wildman–Crippen MR) is 118 cm³/mol. The first-order valence-electron chi connectivity index (χ1n) is 11.3. The molecule has 1 aromatic heterocycles. The Morgan fingerprint density at radius 3 is 2.48 bits per heavy atom. The minimum absolute atomic E-state index is 0.0239. The maximum atomic E-state index is 13.5. The lowest BCUT2D eigenvalue weighted by Crippen LogP contribution is -2.41.